The number of esters is 2. The van der Waals surface area contributed by atoms with Crippen molar-refractivity contribution >= 4 is 29.5 Å². The van der Waals surface area contributed by atoms with E-state index >= 15 is 0 Å². The van der Waals surface area contributed by atoms with Crippen LogP contribution >= 0.6 is 11.8 Å². The molecule has 2 unspecified atom stereocenters. The van der Waals surface area contributed by atoms with Crippen LogP contribution in [0.5, 0.6) is 0 Å². The second-order valence-corrected chi connectivity index (χ2v) is 18.3. The molecule has 0 N–H and O–H groups in total. The van der Waals surface area contributed by atoms with Gasteiger partial charge in [-0.05, 0) is 81.3 Å². The zero-order chi connectivity index (χ0) is 38.0. The molecule has 0 amide bonds. The number of unbranched alkanes of at least 4 members (excludes halogenated alkanes) is 10. The number of rotatable bonds is 35. The molecule has 0 spiro atoms. The smallest absolute Gasteiger partial charge is 0.306 e. The highest BCUT2D eigenvalue weighted by molar-refractivity contribution is 7.99. The SMILES string of the molecule is CCCCCCCC(CCCCC)CCC(=O)OCCCCCC(=O)CCCCCSCC(CCCC1CCCCC1)OC(=O)CCC1CCCCC1. The second-order valence-electron chi connectivity index (χ2n) is 17.1. The molecule has 6 heteroatoms. The van der Waals surface area contributed by atoms with Crippen molar-refractivity contribution in [3.63, 3.8) is 0 Å². The number of carbonyl (C=O) groups is 3. The lowest BCUT2D eigenvalue weighted by Gasteiger charge is -2.24. The molecule has 0 aliphatic heterocycles. The van der Waals surface area contributed by atoms with Crippen molar-refractivity contribution in [1.29, 1.82) is 0 Å². The van der Waals surface area contributed by atoms with Gasteiger partial charge < -0.3 is 9.47 Å². The number of hydrogen-bond donors (Lipinski definition) is 0. The van der Waals surface area contributed by atoms with Crippen LogP contribution in [0.25, 0.3) is 0 Å². The van der Waals surface area contributed by atoms with Crippen molar-refractivity contribution in [2.75, 3.05) is 18.1 Å². The van der Waals surface area contributed by atoms with E-state index in [4.69, 9.17) is 9.47 Å². The molecule has 310 valence electrons. The average molecular weight is 763 g/mol. The summed E-state index contributed by atoms with van der Waals surface area (Å²) in [6.45, 7) is 5.01. The van der Waals surface area contributed by atoms with Crippen molar-refractivity contribution in [2.24, 2.45) is 17.8 Å². The number of hydrogen-bond acceptors (Lipinski definition) is 6. The summed E-state index contributed by atoms with van der Waals surface area (Å²) in [5.41, 5.74) is 0. The van der Waals surface area contributed by atoms with Gasteiger partial charge in [0.2, 0.25) is 0 Å². The van der Waals surface area contributed by atoms with Crippen LogP contribution in [0.15, 0.2) is 0 Å². The van der Waals surface area contributed by atoms with Crippen LogP contribution in [0.1, 0.15) is 239 Å². The summed E-state index contributed by atoms with van der Waals surface area (Å²) < 4.78 is 11.6. The van der Waals surface area contributed by atoms with Crippen molar-refractivity contribution in [2.45, 2.75) is 245 Å². The van der Waals surface area contributed by atoms with Crippen LogP contribution in [0.3, 0.4) is 0 Å². The van der Waals surface area contributed by atoms with Gasteiger partial charge in [-0.2, -0.15) is 11.8 Å². The lowest BCUT2D eigenvalue weighted by atomic mass is 9.85. The van der Waals surface area contributed by atoms with Gasteiger partial charge in [0.25, 0.3) is 0 Å². The van der Waals surface area contributed by atoms with E-state index in [0.29, 0.717) is 44.0 Å². The fourth-order valence-corrected chi connectivity index (χ4v) is 9.78. The minimum Gasteiger partial charge on any atom is -0.466 e. The summed E-state index contributed by atoms with van der Waals surface area (Å²) in [5, 5.41) is 0. The van der Waals surface area contributed by atoms with E-state index in [0.717, 1.165) is 81.1 Å². The highest BCUT2D eigenvalue weighted by atomic mass is 32.2. The van der Waals surface area contributed by atoms with E-state index < -0.39 is 0 Å². The Morgan fingerprint density at radius 2 is 1.13 bits per heavy atom. The molecule has 2 rings (SSSR count). The van der Waals surface area contributed by atoms with Crippen molar-refractivity contribution in [3.05, 3.63) is 0 Å². The highest BCUT2D eigenvalue weighted by Gasteiger charge is 2.20. The predicted octanol–water partition coefficient (Wildman–Crippen LogP) is 14.3. The standard InChI is InChI=1S/C47H86O5S/c1-3-5-7-8-14-27-42(24-13-6-4-2)34-36-46(49)51-38-21-11-19-31-44(48)32-20-12-22-39-53-40-45(33-23-30-41-25-15-9-16-26-41)52-47(50)37-35-43-28-17-10-18-29-43/h41-43,45H,3-40H2,1-2H3. The van der Waals surface area contributed by atoms with E-state index in [1.54, 1.807) is 0 Å². The summed E-state index contributed by atoms with van der Waals surface area (Å²) >= 11 is 1.93. The largest absolute Gasteiger partial charge is 0.466 e. The Labute approximate surface area is 332 Å². The molecule has 2 aliphatic rings. The quantitative estimate of drug-likeness (QED) is 0.0473. The van der Waals surface area contributed by atoms with Gasteiger partial charge in [-0.1, -0.05) is 155 Å². The number of thioether (sulfide) groups is 1. The molecule has 2 saturated carbocycles. The molecule has 2 atom stereocenters. The van der Waals surface area contributed by atoms with Crippen LogP contribution in [-0.2, 0) is 23.9 Å². The number of Topliss-reactive ketones (excluding diaryl/α,β-unsaturated/α-hetero) is 1. The molecular formula is C47H86O5S. The number of carbonyl (C=O) groups excluding carboxylic acids is 3. The Bertz CT molecular complexity index is 880. The predicted molar refractivity (Wildman–Crippen MR) is 227 cm³/mol. The summed E-state index contributed by atoms with van der Waals surface area (Å²) in [4.78, 5) is 37.7. The summed E-state index contributed by atoms with van der Waals surface area (Å²) in [6, 6.07) is 0. The Balaban J connectivity index is 1.49. The monoisotopic (exact) mass is 763 g/mol. The van der Waals surface area contributed by atoms with Gasteiger partial charge in [0.05, 0.1) is 6.61 Å². The van der Waals surface area contributed by atoms with E-state index in [1.165, 1.54) is 141 Å². The average Bonchev–Trinajstić information content (AvgIpc) is 3.17. The first-order valence-electron chi connectivity index (χ1n) is 23.4. The van der Waals surface area contributed by atoms with Crippen molar-refractivity contribution < 1.29 is 23.9 Å². The Hall–Kier alpha value is -1.04. The lowest BCUT2D eigenvalue weighted by molar-refractivity contribution is -0.148. The molecule has 0 radical (unpaired) electrons. The molecule has 53 heavy (non-hydrogen) atoms. The molecule has 0 saturated heterocycles. The van der Waals surface area contributed by atoms with Crippen LogP contribution < -0.4 is 0 Å². The topological polar surface area (TPSA) is 69.7 Å². The lowest BCUT2D eigenvalue weighted by Crippen LogP contribution is -2.22. The minimum atomic E-state index is -0.0400. The second kappa shape index (κ2) is 34.2. The number of ether oxygens (including phenoxy) is 2. The van der Waals surface area contributed by atoms with Gasteiger partial charge >= 0.3 is 11.9 Å². The van der Waals surface area contributed by atoms with Gasteiger partial charge in [0, 0.05) is 31.4 Å². The molecule has 2 fully saturated rings. The summed E-state index contributed by atoms with van der Waals surface area (Å²) in [7, 11) is 0. The molecular weight excluding hydrogens is 677 g/mol. The van der Waals surface area contributed by atoms with E-state index in [-0.39, 0.29) is 18.0 Å². The fraction of sp³-hybridized carbons (Fsp3) is 0.936. The third-order valence-corrected chi connectivity index (χ3v) is 13.4. The third-order valence-electron chi connectivity index (χ3n) is 12.2. The summed E-state index contributed by atoms with van der Waals surface area (Å²) in [5.74, 6) is 4.61. The van der Waals surface area contributed by atoms with Gasteiger partial charge in [-0.25, -0.2) is 0 Å². The Morgan fingerprint density at radius 3 is 1.81 bits per heavy atom. The molecule has 0 aromatic carbocycles. The summed E-state index contributed by atoms with van der Waals surface area (Å²) in [6.07, 6.45) is 40.3. The van der Waals surface area contributed by atoms with Gasteiger partial charge in [0.1, 0.15) is 11.9 Å². The van der Waals surface area contributed by atoms with Gasteiger partial charge in [0.15, 0.2) is 0 Å². The van der Waals surface area contributed by atoms with Crippen LogP contribution in [0.4, 0.5) is 0 Å². The number of ketones is 1. The molecule has 0 bridgehead atoms. The van der Waals surface area contributed by atoms with Gasteiger partial charge in [-0.15, -0.1) is 0 Å². The molecule has 2 aliphatic carbocycles. The first kappa shape index (κ1) is 48.1. The first-order valence-corrected chi connectivity index (χ1v) is 24.6. The van der Waals surface area contributed by atoms with Gasteiger partial charge in [-0.3, -0.25) is 14.4 Å². The van der Waals surface area contributed by atoms with E-state index in [9.17, 15) is 14.4 Å². The van der Waals surface area contributed by atoms with E-state index in [1.807, 2.05) is 11.8 Å². The molecule has 5 nitrogen and oxygen atoms in total. The fourth-order valence-electron chi connectivity index (χ4n) is 8.71. The zero-order valence-electron chi connectivity index (χ0n) is 35.1. The molecule has 0 heterocycles. The first-order chi connectivity index (χ1) is 26.0. The normalized spacial score (nSPS) is 16.7. The maximum atomic E-state index is 12.8. The minimum absolute atomic E-state index is 0.0265. The van der Waals surface area contributed by atoms with Crippen LogP contribution in [0.2, 0.25) is 0 Å². The van der Waals surface area contributed by atoms with Crippen LogP contribution in [-0.4, -0.2) is 41.9 Å². The zero-order valence-corrected chi connectivity index (χ0v) is 35.9. The Kier molecular flexibility index (Phi) is 31.1. The molecule has 0 aromatic heterocycles. The highest BCUT2D eigenvalue weighted by Crippen LogP contribution is 2.30. The van der Waals surface area contributed by atoms with Crippen molar-refractivity contribution in [3.8, 4) is 0 Å². The third kappa shape index (κ3) is 28.1. The maximum Gasteiger partial charge on any atom is 0.306 e. The van der Waals surface area contributed by atoms with Crippen molar-refractivity contribution in [1.82, 2.24) is 0 Å². The Morgan fingerprint density at radius 1 is 0.547 bits per heavy atom. The maximum absolute atomic E-state index is 12.8. The van der Waals surface area contributed by atoms with E-state index in [2.05, 4.69) is 13.8 Å². The molecule has 0 aromatic rings. The van der Waals surface area contributed by atoms with Crippen LogP contribution in [0, 0.1) is 17.8 Å².